The Balaban J connectivity index is 1.15. The zero-order valence-corrected chi connectivity index (χ0v) is 27.9. The molecular formula is C38H31FN6O4S. The summed E-state index contributed by atoms with van der Waals surface area (Å²) in [7, 11) is 1.70. The van der Waals surface area contributed by atoms with Crippen molar-refractivity contribution in [3.8, 4) is 27.6 Å². The van der Waals surface area contributed by atoms with Crippen LogP contribution in [0, 0.1) is 11.7 Å². The molecule has 2 N–H and O–H groups in total. The lowest BCUT2D eigenvalue weighted by Gasteiger charge is -2.37. The maximum absolute atomic E-state index is 14.4. The third-order valence-electron chi connectivity index (χ3n) is 11.0. The van der Waals surface area contributed by atoms with Crippen molar-refractivity contribution in [2.75, 3.05) is 19.0 Å². The largest absolute Gasteiger partial charge is 0.496 e. The lowest BCUT2D eigenvalue weighted by molar-refractivity contribution is 0.0637. The van der Waals surface area contributed by atoms with E-state index >= 15 is 0 Å². The molecule has 250 valence electrons. The summed E-state index contributed by atoms with van der Waals surface area (Å²) in [5.74, 6) is 1.20. The summed E-state index contributed by atoms with van der Waals surface area (Å²) in [6.45, 7) is 0.713. The molecule has 5 aliphatic rings. The molecule has 3 fully saturated rings. The second-order valence-corrected chi connectivity index (χ2v) is 14.8. The van der Waals surface area contributed by atoms with Crippen LogP contribution in [0.2, 0.25) is 0 Å². The molecule has 1 saturated carbocycles. The van der Waals surface area contributed by atoms with Gasteiger partial charge in [-0.05, 0) is 96.9 Å². The number of H-pyrrole nitrogens is 1. The highest BCUT2D eigenvalue weighted by Crippen LogP contribution is 2.63. The van der Waals surface area contributed by atoms with E-state index in [2.05, 4.69) is 27.6 Å². The summed E-state index contributed by atoms with van der Waals surface area (Å²) in [6, 6.07) is 16.7. The van der Waals surface area contributed by atoms with Gasteiger partial charge in [-0.2, -0.15) is 0 Å². The topological polar surface area (TPSA) is 126 Å². The number of methoxy groups -OCH3 is 1. The molecule has 1 amide bonds. The fourth-order valence-electron chi connectivity index (χ4n) is 8.82. The molecule has 6 aromatic rings. The molecule has 2 aliphatic carbocycles. The van der Waals surface area contributed by atoms with E-state index in [1.54, 1.807) is 36.8 Å². The minimum absolute atomic E-state index is 0.0443. The number of amides is 1. The van der Waals surface area contributed by atoms with Crippen LogP contribution in [0.25, 0.3) is 32.0 Å². The molecule has 4 aromatic heterocycles. The molecule has 3 aliphatic heterocycles. The number of nitrogens with zero attached hydrogens (tertiary/aromatic N) is 4. The number of nitrogens with one attached hydrogen (secondary N) is 2. The average Bonchev–Trinajstić information content (AvgIpc) is 3.96. The number of benzene rings is 2. The first kappa shape index (κ1) is 29.5. The Morgan fingerprint density at radius 3 is 2.76 bits per heavy atom. The van der Waals surface area contributed by atoms with E-state index in [9.17, 15) is 14.0 Å². The molecule has 10 nitrogen and oxygen atoms in total. The number of anilines is 1. The van der Waals surface area contributed by atoms with Gasteiger partial charge in [-0.1, -0.05) is 24.3 Å². The summed E-state index contributed by atoms with van der Waals surface area (Å²) < 4.78 is 26.0. The van der Waals surface area contributed by atoms with Gasteiger partial charge in [-0.25, -0.2) is 19.3 Å². The summed E-state index contributed by atoms with van der Waals surface area (Å²) >= 11 is 1.55. The van der Waals surface area contributed by atoms with Crippen LogP contribution in [-0.2, 0) is 24.8 Å². The van der Waals surface area contributed by atoms with Gasteiger partial charge in [-0.15, -0.1) is 16.4 Å². The molecule has 7 heterocycles. The highest BCUT2D eigenvalue weighted by atomic mass is 32.1. The van der Waals surface area contributed by atoms with Gasteiger partial charge < -0.3 is 19.4 Å². The van der Waals surface area contributed by atoms with Gasteiger partial charge in [0.25, 0.3) is 11.8 Å². The Morgan fingerprint density at radius 2 is 1.96 bits per heavy atom. The van der Waals surface area contributed by atoms with Crippen molar-refractivity contribution in [2.45, 2.75) is 50.1 Å². The van der Waals surface area contributed by atoms with Crippen molar-refractivity contribution in [3.63, 3.8) is 0 Å². The van der Waals surface area contributed by atoms with Crippen LogP contribution in [0.4, 0.5) is 10.2 Å². The number of hydrogen-bond acceptors (Lipinski definition) is 9. The maximum atomic E-state index is 14.4. The zero-order valence-electron chi connectivity index (χ0n) is 27.1. The van der Waals surface area contributed by atoms with E-state index in [0.717, 1.165) is 63.5 Å². The second-order valence-electron chi connectivity index (χ2n) is 13.8. The highest BCUT2D eigenvalue weighted by Gasteiger charge is 2.65. The van der Waals surface area contributed by atoms with Crippen LogP contribution in [0.3, 0.4) is 0 Å². The Labute approximate surface area is 289 Å². The molecule has 11 rings (SSSR count). The summed E-state index contributed by atoms with van der Waals surface area (Å²) in [5, 5.41) is 11.4. The van der Waals surface area contributed by atoms with Crippen molar-refractivity contribution in [2.24, 2.45) is 5.92 Å². The normalized spacial score (nSPS) is 21.3. The molecule has 2 aromatic carbocycles. The average molecular weight is 687 g/mol. The third kappa shape index (κ3) is 4.27. The Kier molecular flexibility index (Phi) is 6.39. The molecular weight excluding hydrogens is 656 g/mol. The maximum Gasteiger partial charge on any atom is 0.434 e. The van der Waals surface area contributed by atoms with Crippen molar-refractivity contribution >= 4 is 33.1 Å². The molecule has 12 heteroatoms. The number of carbonyl (C=O) groups is 1. The van der Waals surface area contributed by atoms with Crippen LogP contribution in [-0.4, -0.2) is 44.6 Å². The minimum Gasteiger partial charge on any atom is -0.496 e. The zero-order chi connectivity index (χ0) is 33.7. The van der Waals surface area contributed by atoms with Gasteiger partial charge in [-0.3, -0.25) is 9.78 Å². The number of fused-ring (bicyclic) bond motifs is 3. The summed E-state index contributed by atoms with van der Waals surface area (Å²) in [4.78, 5) is 39.7. The number of aryl methyl sites for hydroxylation is 2. The van der Waals surface area contributed by atoms with E-state index < -0.39 is 11.3 Å². The molecule has 1 spiro atoms. The third-order valence-corrected chi connectivity index (χ3v) is 12.2. The molecule has 2 saturated heterocycles. The predicted octanol–water partition coefficient (Wildman–Crippen LogP) is 6.81. The number of thiophene rings is 1. The number of ether oxygens (including phenoxy) is 1. The smallest absolute Gasteiger partial charge is 0.434 e. The molecule has 1 unspecified atom stereocenters. The fourth-order valence-corrected chi connectivity index (χ4v) is 9.98. The Bertz CT molecular complexity index is 2430. The van der Waals surface area contributed by atoms with Crippen molar-refractivity contribution in [1.82, 2.24) is 25.1 Å². The van der Waals surface area contributed by atoms with Crippen molar-refractivity contribution in [1.29, 1.82) is 0 Å². The highest BCUT2D eigenvalue weighted by molar-refractivity contribution is 7.23. The first-order chi connectivity index (χ1) is 24.4. The Morgan fingerprint density at radius 1 is 1.10 bits per heavy atom. The van der Waals surface area contributed by atoms with Gasteiger partial charge in [0.1, 0.15) is 17.4 Å². The number of aromatic amines is 1. The number of halogens is 1. The van der Waals surface area contributed by atoms with Gasteiger partial charge in [0.05, 0.1) is 45.9 Å². The number of hydrogen-bond donors (Lipinski definition) is 2. The second kappa shape index (κ2) is 10.8. The van der Waals surface area contributed by atoms with Gasteiger partial charge in [0, 0.05) is 23.2 Å². The van der Waals surface area contributed by atoms with Crippen molar-refractivity contribution < 1.29 is 18.3 Å². The Hall–Kier alpha value is -5.36. The summed E-state index contributed by atoms with van der Waals surface area (Å²) in [5.41, 5.74) is 6.20. The van der Waals surface area contributed by atoms with E-state index in [0.29, 0.717) is 47.7 Å². The monoisotopic (exact) mass is 686 g/mol. The van der Waals surface area contributed by atoms with Crippen LogP contribution in [0.1, 0.15) is 63.7 Å². The molecule has 0 radical (unpaired) electrons. The number of aromatic nitrogens is 4. The SMILES string of the molecule is COc1cccc2c1CCC2Nc1nccc2cc(-c3c4c(nc(CCc5ccc(F)cc5)c3-c3n[nH]c(=O)o3)C35CC(CN3C4=O)C5)sc12. The van der Waals surface area contributed by atoms with Gasteiger partial charge >= 0.3 is 5.76 Å². The number of carbonyl (C=O) groups excluding carboxylic acids is 1. The van der Waals surface area contributed by atoms with E-state index in [1.165, 1.54) is 23.3 Å². The van der Waals surface area contributed by atoms with E-state index in [-0.39, 0.29) is 23.7 Å². The quantitative estimate of drug-likeness (QED) is 0.179. The lowest BCUT2D eigenvalue weighted by atomic mass is 9.71. The standard InChI is InChI=1S/C38H31FN6O4S/c1-48-27-4-2-3-23-24(27)10-12-25(23)42-34-32-21(13-14-40-34)15-28(50-32)30-29(35-43-44-37(47)49-35)26(11-7-19-5-8-22(39)9-6-19)41-33-31(30)36(46)45-18-20-16-38(33,45)17-20/h2-6,8-9,13-15,20,25H,7,10-12,16-18H2,1H3,(H,40,42)(H,44,47). The van der Waals surface area contributed by atoms with Crippen LogP contribution >= 0.6 is 11.3 Å². The van der Waals surface area contributed by atoms with E-state index in [4.69, 9.17) is 19.1 Å². The first-order valence-electron chi connectivity index (χ1n) is 16.9. The lowest BCUT2D eigenvalue weighted by Crippen LogP contribution is -2.40. The molecule has 2 bridgehead atoms. The van der Waals surface area contributed by atoms with Crippen LogP contribution in [0.15, 0.2) is 70.0 Å². The minimum atomic E-state index is -0.691. The number of pyridine rings is 2. The van der Waals surface area contributed by atoms with E-state index in [1.807, 2.05) is 23.1 Å². The molecule has 1 atom stereocenters. The van der Waals surface area contributed by atoms with Crippen LogP contribution in [0.5, 0.6) is 5.75 Å². The van der Waals surface area contributed by atoms with Crippen molar-refractivity contribution in [3.05, 3.63) is 111 Å². The predicted molar refractivity (Wildman–Crippen MR) is 186 cm³/mol. The fraction of sp³-hybridized carbons (Fsp3) is 0.289. The number of rotatable bonds is 8. The van der Waals surface area contributed by atoms with Gasteiger partial charge in [0.15, 0.2) is 0 Å². The molecule has 50 heavy (non-hydrogen) atoms. The van der Waals surface area contributed by atoms with Crippen LogP contribution < -0.4 is 15.8 Å². The van der Waals surface area contributed by atoms with Gasteiger partial charge in [0.2, 0.25) is 0 Å². The first-order valence-corrected chi connectivity index (χ1v) is 17.7. The summed E-state index contributed by atoms with van der Waals surface area (Å²) in [6.07, 6.45) is 6.45.